The fourth-order valence-electron chi connectivity index (χ4n) is 6.18. The average Bonchev–Trinajstić information content (AvgIpc) is 3.06. The molecule has 0 aliphatic heterocycles. The molecule has 0 saturated carbocycles. The van der Waals surface area contributed by atoms with Crippen LogP contribution in [0.2, 0.25) is 0 Å². The summed E-state index contributed by atoms with van der Waals surface area (Å²) < 4.78 is 11.5. The van der Waals surface area contributed by atoms with Gasteiger partial charge in [0.1, 0.15) is 0 Å². The van der Waals surface area contributed by atoms with Crippen molar-refractivity contribution in [1.29, 1.82) is 0 Å². The van der Waals surface area contributed by atoms with Gasteiger partial charge in [0.2, 0.25) is 0 Å². The Balaban J connectivity index is 4.34. The summed E-state index contributed by atoms with van der Waals surface area (Å²) in [5.74, 6) is 0.257. The van der Waals surface area contributed by atoms with Crippen LogP contribution in [0.4, 0.5) is 0 Å². The Morgan fingerprint density at radius 1 is 0.532 bits per heavy atom. The Morgan fingerprint density at radius 3 is 1.51 bits per heavy atom. The van der Waals surface area contributed by atoms with Crippen molar-refractivity contribution in [2.75, 3.05) is 59.2 Å². The van der Waals surface area contributed by atoms with Gasteiger partial charge in [0.05, 0.1) is 44.7 Å². The Labute approximate surface area is 293 Å². The van der Waals surface area contributed by atoms with E-state index in [1.54, 1.807) is 0 Å². The minimum Gasteiger partial charge on any atom is -0.392 e. The predicted octanol–water partition coefficient (Wildman–Crippen LogP) is 8.66. The highest BCUT2D eigenvalue weighted by molar-refractivity contribution is 4.73. The number of aliphatic hydroxyl groups excluding tert-OH is 3. The molecule has 4 atom stereocenters. The van der Waals surface area contributed by atoms with Crippen molar-refractivity contribution in [3.05, 3.63) is 0 Å². The Morgan fingerprint density at radius 2 is 1.00 bits per heavy atom. The molecule has 0 aromatic carbocycles. The highest BCUT2D eigenvalue weighted by Gasteiger charge is 2.20. The molecule has 0 bridgehead atoms. The van der Waals surface area contributed by atoms with Crippen LogP contribution in [0.15, 0.2) is 0 Å². The van der Waals surface area contributed by atoms with Crippen LogP contribution < -0.4 is 5.32 Å². The largest absolute Gasteiger partial charge is 0.392 e. The van der Waals surface area contributed by atoms with E-state index < -0.39 is 0 Å². The van der Waals surface area contributed by atoms with Gasteiger partial charge in [-0.3, -0.25) is 4.90 Å². The molecule has 47 heavy (non-hydrogen) atoms. The summed E-state index contributed by atoms with van der Waals surface area (Å²) in [6.07, 6.45) is 28.0. The standard InChI is InChI=1S/C40H84N2O5/c1-5-8-10-12-14-16-17-18-19-21-23-25-27-39(44)35-42(29-31-47-33-32-46-30-28-41-34-38(43)7-3)36-40(45)37(4)26-24-22-20-15-13-11-9-6-2/h37-41,43-45H,5-36H2,1-4H3. The summed E-state index contributed by atoms with van der Waals surface area (Å²) in [6, 6.07) is 0. The molecule has 0 aliphatic carbocycles. The van der Waals surface area contributed by atoms with E-state index >= 15 is 0 Å². The van der Waals surface area contributed by atoms with Crippen LogP contribution in [0.3, 0.4) is 0 Å². The topological polar surface area (TPSA) is 94.4 Å². The molecule has 4 unspecified atom stereocenters. The average molecular weight is 673 g/mol. The van der Waals surface area contributed by atoms with Crippen LogP contribution in [0.25, 0.3) is 0 Å². The monoisotopic (exact) mass is 673 g/mol. The summed E-state index contributed by atoms with van der Waals surface area (Å²) in [4.78, 5) is 2.21. The number of unbranched alkanes of at least 4 members (excludes halogenated alkanes) is 18. The minimum atomic E-state index is -0.388. The van der Waals surface area contributed by atoms with Gasteiger partial charge in [0.25, 0.3) is 0 Å². The number of ether oxygens (including phenoxy) is 2. The van der Waals surface area contributed by atoms with Crippen molar-refractivity contribution in [3.8, 4) is 0 Å². The number of hydrogen-bond donors (Lipinski definition) is 4. The molecule has 284 valence electrons. The van der Waals surface area contributed by atoms with E-state index in [4.69, 9.17) is 9.47 Å². The van der Waals surface area contributed by atoms with Crippen molar-refractivity contribution < 1.29 is 24.8 Å². The lowest BCUT2D eigenvalue weighted by atomic mass is 9.96. The van der Waals surface area contributed by atoms with E-state index in [1.165, 1.54) is 122 Å². The number of hydrogen-bond acceptors (Lipinski definition) is 7. The lowest BCUT2D eigenvalue weighted by Crippen LogP contribution is -2.42. The maximum Gasteiger partial charge on any atom is 0.0701 e. The molecular formula is C40H84N2O5. The Bertz CT molecular complexity index is 599. The molecule has 0 amide bonds. The van der Waals surface area contributed by atoms with Crippen LogP contribution in [-0.2, 0) is 9.47 Å². The third-order valence-corrected chi connectivity index (χ3v) is 9.67. The molecule has 0 aromatic heterocycles. The molecule has 0 fully saturated rings. The van der Waals surface area contributed by atoms with Crippen molar-refractivity contribution in [3.63, 3.8) is 0 Å². The van der Waals surface area contributed by atoms with Crippen molar-refractivity contribution >= 4 is 0 Å². The lowest BCUT2D eigenvalue weighted by Gasteiger charge is -2.29. The highest BCUT2D eigenvalue weighted by atomic mass is 16.5. The second-order valence-corrected chi connectivity index (χ2v) is 14.4. The smallest absolute Gasteiger partial charge is 0.0701 e. The zero-order valence-electron chi connectivity index (χ0n) is 32.0. The quantitative estimate of drug-likeness (QED) is 0.0486. The van der Waals surface area contributed by atoms with Crippen LogP contribution in [-0.4, -0.2) is 97.7 Å². The fourth-order valence-corrected chi connectivity index (χ4v) is 6.18. The number of aliphatic hydroxyl groups is 3. The second-order valence-electron chi connectivity index (χ2n) is 14.4. The fraction of sp³-hybridized carbons (Fsp3) is 1.00. The normalized spacial score (nSPS) is 14.6. The first kappa shape index (κ1) is 46.7. The first-order valence-corrected chi connectivity index (χ1v) is 20.6. The van der Waals surface area contributed by atoms with Crippen LogP contribution in [0.5, 0.6) is 0 Å². The number of nitrogens with one attached hydrogen (secondary N) is 1. The van der Waals surface area contributed by atoms with Gasteiger partial charge in [-0.15, -0.1) is 0 Å². The summed E-state index contributed by atoms with van der Waals surface area (Å²) in [5, 5.41) is 34.8. The SMILES string of the molecule is CCCCCCCCCCCCCCC(O)CN(CCOCCOCCNCC(O)CC)CC(O)C(C)CCCCCCCCCC. The first-order chi connectivity index (χ1) is 22.9. The number of rotatable bonds is 39. The van der Waals surface area contributed by atoms with Gasteiger partial charge in [-0.2, -0.15) is 0 Å². The summed E-state index contributed by atoms with van der Waals surface area (Å²) in [5.41, 5.74) is 0. The van der Waals surface area contributed by atoms with E-state index in [-0.39, 0.29) is 24.2 Å². The lowest BCUT2D eigenvalue weighted by molar-refractivity contribution is 0.0105. The van der Waals surface area contributed by atoms with Gasteiger partial charge < -0.3 is 30.1 Å². The molecule has 7 heteroatoms. The third-order valence-electron chi connectivity index (χ3n) is 9.67. The van der Waals surface area contributed by atoms with Crippen molar-refractivity contribution in [2.24, 2.45) is 5.92 Å². The third kappa shape index (κ3) is 34.0. The van der Waals surface area contributed by atoms with Gasteiger partial charge in [0, 0.05) is 32.7 Å². The number of nitrogens with zero attached hydrogens (tertiary/aromatic N) is 1. The van der Waals surface area contributed by atoms with Gasteiger partial charge in [-0.05, 0) is 25.2 Å². The molecular weight excluding hydrogens is 588 g/mol. The molecule has 0 radical (unpaired) electrons. The van der Waals surface area contributed by atoms with Gasteiger partial charge >= 0.3 is 0 Å². The summed E-state index contributed by atoms with van der Waals surface area (Å²) in [6.45, 7) is 14.1. The van der Waals surface area contributed by atoms with Crippen molar-refractivity contribution in [2.45, 2.75) is 194 Å². The van der Waals surface area contributed by atoms with E-state index in [0.717, 1.165) is 32.2 Å². The molecule has 0 heterocycles. The maximum atomic E-state index is 11.1. The minimum absolute atomic E-state index is 0.257. The van der Waals surface area contributed by atoms with Gasteiger partial charge in [-0.1, -0.05) is 156 Å². The van der Waals surface area contributed by atoms with E-state index in [1.807, 2.05) is 6.92 Å². The maximum absolute atomic E-state index is 11.1. The molecule has 0 aromatic rings. The molecule has 0 aliphatic rings. The Kier molecular flexibility index (Phi) is 36.8. The van der Waals surface area contributed by atoms with Gasteiger partial charge in [0.15, 0.2) is 0 Å². The molecule has 0 rings (SSSR count). The molecule has 0 saturated heterocycles. The van der Waals surface area contributed by atoms with E-state index in [9.17, 15) is 15.3 Å². The zero-order valence-corrected chi connectivity index (χ0v) is 32.0. The molecule has 7 nitrogen and oxygen atoms in total. The van der Waals surface area contributed by atoms with Crippen LogP contribution >= 0.6 is 0 Å². The van der Waals surface area contributed by atoms with Crippen LogP contribution in [0, 0.1) is 5.92 Å². The summed E-state index contributed by atoms with van der Waals surface area (Å²) >= 11 is 0. The predicted molar refractivity (Wildman–Crippen MR) is 201 cm³/mol. The zero-order chi connectivity index (χ0) is 34.6. The Hall–Kier alpha value is -0.280. The molecule has 0 spiro atoms. The molecule has 4 N–H and O–H groups in total. The van der Waals surface area contributed by atoms with E-state index in [2.05, 4.69) is 31.0 Å². The van der Waals surface area contributed by atoms with Crippen molar-refractivity contribution in [1.82, 2.24) is 10.2 Å². The summed E-state index contributed by atoms with van der Waals surface area (Å²) in [7, 11) is 0. The van der Waals surface area contributed by atoms with Crippen LogP contribution in [0.1, 0.15) is 175 Å². The first-order valence-electron chi connectivity index (χ1n) is 20.6. The van der Waals surface area contributed by atoms with E-state index in [0.29, 0.717) is 52.6 Å². The van der Waals surface area contributed by atoms with Gasteiger partial charge in [-0.25, -0.2) is 0 Å². The second kappa shape index (κ2) is 37.0. The highest BCUT2D eigenvalue weighted by Crippen LogP contribution is 2.18.